The van der Waals surface area contributed by atoms with E-state index in [1.54, 1.807) is 6.92 Å². The molecule has 0 spiro atoms. The average Bonchev–Trinajstić information content (AvgIpc) is 3.12. The number of fused-ring (bicyclic) bond motifs is 1. The smallest absolute Gasteiger partial charge is 0.234 e. The van der Waals surface area contributed by atoms with E-state index in [0.717, 1.165) is 17.0 Å². The molecule has 1 unspecified atom stereocenters. The minimum absolute atomic E-state index is 0.0799. The first-order valence-corrected chi connectivity index (χ1v) is 9.56. The van der Waals surface area contributed by atoms with Gasteiger partial charge in [-0.3, -0.25) is 14.0 Å². The highest BCUT2D eigenvalue weighted by Gasteiger charge is 2.14. The van der Waals surface area contributed by atoms with E-state index in [-0.39, 0.29) is 11.8 Å². The number of carbonyl (C=O) groups excluding carboxylic acids is 2. The quantitative estimate of drug-likeness (QED) is 0.541. The van der Waals surface area contributed by atoms with E-state index in [1.165, 1.54) is 6.92 Å². The highest BCUT2D eigenvalue weighted by Crippen LogP contribution is 2.18. The molecular weight excluding hydrogens is 384 g/mol. The SMILES string of the molecule is CC(=O)Nc1ccc2nnc([C@H](C)COCc3ccccc3)n2c1.CC(N)C(N)=O. The van der Waals surface area contributed by atoms with Crippen LogP contribution in [0.1, 0.15) is 38.1 Å². The number of amides is 2. The Morgan fingerprint density at radius 3 is 2.40 bits per heavy atom. The highest BCUT2D eigenvalue weighted by molar-refractivity contribution is 5.88. The standard InChI is InChI=1S/C18H20N4O2.C3H8N2O/c1-13(11-24-12-15-6-4-3-5-7-15)18-21-20-17-9-8-16(10-22(17)18)19-14(2)23;1-2(4)3(5)6/h3-10,13H,11-12H2,1-2H3,(H,19,23);2H,4H2,1H3,(H2,5,6)/t13-;/m1./s1. The zero-order valence-corrected chi connectivity index (χ0v) is 17.4. The maximum Gasteiger partial charge on any atom is 0.234 e. The van der Waals surface area contributed by atoms with Gasteiger partial charge in [0.1, 0.15) is 5.82 Å². The number of anilines is 1. The molecule has 0 aliphatic carbocycles. The summed E-state index contributed by atoms with van der Waals surface area (Å²) in [6.07, 6.45) is 1.83. The van der Waals surface area contributed by atoms with Crippen molar-refractivity contribution in [2.24, 2.45) is 11.5 Å². The largest absolute Gasteiger partial charge is 0.376 e. The fourth-order valence-electron chi connectivity index (χ4n) is 2.52. The summed E-state index contributed by atoms with van der Waals surface area (Å²) >= 11 is 0. The van der Waals surface area contributed by atoms with Crippen molar-refractivity contribution in [2.75, 3.05) is 11.9 Å². The van der Waals surface area contributed by atoms with Crippen LogP contribution < -0.4 is 16.8 Å². The Morgan fingerprint density at radius 1 is 1.13 bits per heavy atom. The number of nitrogens with two attached hydrogens (primary N) is 2. The Bertz CT molecular complexity index is 971. The van der Waals surface area contributed by atoms with Crippen molar-refractivity contribution in [3.05, 3.63) is 60.0 Å². The minimum Gasteiger partial charge on any atom is -0.376 e. The number of primary amides is 1. The molecule has 160 valence electrons. The van der Waals surface area contributed by atoms with Gasteiger partial charge < -0.3 is 21.5 Å². The molecule has 0 fully saturated rings. The summed E-state index contributed by atoms with van der Waals surface area (Å²) in [6, 6.07) is 13.2. The van der Waals surface area contributed by atoms with E-state index in [1.807, 2.05) is 60.0 Å². The predicted molar refractivity (Wildman–Crippen MR) is 115 cm³/mol. The van der Waals surface area contributed by atoms with Crippen LogP contribution in [0.2, 0.25) is 0 Å². The van der Waals surface area contributed by atoms with Gasteiger partial charge in [-0.05, 0) is 24.6 Å². The molecule has 1 aromatic carbocycles. The number of benzene rings is 1. The van der Waals surface area contributed by atoms with Gasteiger partial charge in [0.25, 0.3) is 0 Å². The van der Waals surface area contributed by atoms with Gasteiger partial charge in [-0.2, -0.15) is 0 Å². The van der Waals surface area contributed by atoms with Crippen molar-refractivity contribution >= 4 is 23.1 Å². The second kappa shape index (κ2) is 11.0. The van der Waals surface area contributed by atoms with E-state index in [0.29, 0.717) is 18.9 Å². The summed E-state index contributed by atoms with van der Waals surface area (Å²) in [6.45, 7) is 6.19. The number of rotatable bonds is 7. The first-order valence-electron chi connectivity index (χ1n) is 9.56. The molecule has 2 heterocycles. The Hall–Kier alpha value is -3.30. The molecule has 0 bridgehead atoms. The van der Waals surface area contributed by atoms with Crippen LogP contribution in [0, 0.1) is 0 Å². The van der Waals surface area contributed by atoms with E-state index in [4.69, 9.17) is 10.5 Å². The lowest BCUT2D eigenvalue weighted by molar-refractivity contribution is -0.119. The summed E-state index contributed by atoms with van der Waals surface area (Å²) in [4.78, 5) is 21.0. The van der Waals surface area contributed by atoms with Gasteiger partial charge in [0, 0.05) is 19.0 Å². The summed E-state index contributed by atoms with van der Waals surface area (Å²) in [5, 5.41) is 11.2. The molecule has 5 N–H and O–H groups in total. The second-order valence-electron chi connectivity index (χ2n) is 6.98. The zero-order chi connectivity index (χ0) is 22.1. The molecule has 0 radical (unpaired) electrons. The fraction of sp³-hybridized carbons (Fsp3) is 0.333. The number of hydrogen-bond acceptors (Lipinski definition) is 6. The molecule has 9 heteroatoms. The van der Waals surface area contributed by atoms with Gasteiger partial charge in [0.2, 0.25) is 11.8 Å². The van der Waals surface area contributed by atoms with Crippen LogP contribution in [0.15, 0.2) is 48.7 Å². The van der Waals surface area contributed by atoms with Crippen LogP contribution in [-0.2, 0) is 20.9 Å². The summed E-state index contributed by atoms with van der Waals surface area (Å²) < 4.78 is 7.69. The zero-order valence-electron chi connectivity index (χ0n) is 17.4. The van der Waals surface area contributed by atoms with E-state index in [9.17, 15) is 9.59 Å². The van der Waals surface area contributed by atoms with Crippen molar-refractivity contribution in [3.8, 4) is 0 Å². The topological polar surface area (TPSA) is 138 Å². The molecule has 30 heavy (non-hydrogen) atoms. The minimum atomic E-state index is -0.509. The van der Waals surface area contributed by atoms with Crippen LogP contribution in [0.3, 0.4) is 0 Å². The van der Waals surface area contributed by atoms with E-state index < -0.39 is 11.9 Å². The summed E-state index contributed by atoms with van der Waals surface area (Å²) in [7, 11) is 0. The van der Waals surface area contributed by atoms with Crippen LogP contribution in [0.4, 0.5) is 5.69 Å². The van der Waals surface area contributed by atoms with Crippen molar-refractivity contribution in [1.29, 1.82) is 0 Å². The van der Waals surface area contributed by atoms with Crippen molar-refractivity contribution in [3.63, 3.8) is 0 Å². The Morgan fingerprint density at radius 2 is 1.80 bits per heavy atom. The molecule has 9 nitrogen and oxygen atoms in total. The first-order chi connectivity index (χ1) is 14.3. The third-order valence-electron chi connectivity index (χ3n) is 4.12. The summed E-state index contributed by atoms with van der Waals surface area (Å²) in [5.74, 6) is 0.319. The fourth-order valence-corrected chi connectivity index (χ4v) is 2.52. The molecule has 0 saturated heterocycles. The number of hydrogen-bond donors (Lipinski definition) is 3. The number of pyridine rings is 1. The number of nitrogens with zero attached hydrogens (tertiary/aromatic N) is 3. The number of aromatic nitrogens is 3. The molecule has 3 rings (SSSR count). The third kappa shape index (κ3) is 6.94. The monoisotopic (exact) mass is 412 g/mol. The number of ether oxygens (including phenoxy) is 1. The molecule has 0 saturated carbocycles. The number of carbonyl (C=O) groups is 2. The molecule has 2 amide bonds. The van der Waals surface area contributed by atoms with Crippen molar-refractivity contribution in [1.82, 2.24) is 14.6 Å². The predicted octanol–water partition coefficient (Wildman–Crippen LogP) is 1.83. The molecule has 2 atom stereocenters. The lowest BCUT2D eigenvalue weighted by atomic mass is 10.2. The van der Waals surface area contributed by atoms with Crippen LogP contribution in [0.5, 0.6) is 0 Å². The highest BCUT2D eigenvalue weighted by atomic mass is 16.5. The summed E-state index contributed by atoms with van der Waals surface area (Å²) in [5.41, 5.74) is 12.2. The lowest BCUT2D eigenvalue weighted by Gasteiger charge is -2.11. The Labute approximate surface area is 175 Å². The van der Waals surface area contributed by atoms with Gasteiger partial charge in [0.15, 0.2) is 5.65 Å². The van der Waals surface area contributed by atoms with Crippen molar-refractivity contribution in [2.45, 2.75) is 39.3 Å². The van der Waals surface area contributed by atoms with E-state index >= 15 is 0 Å². The molecule has 3 aromatic rings. The lowest BCUT2D eigenvalue weighted by Crippen LogP contribution is -2.32. The maximum atomic E-state index is 11.2. The van der Waals surface area contributed by atoms with Crippen molar-refractivity contribution < 1.29 is 14.3 Å². The second-order valence-corrected chi connectivity index (χ2v) is 6.98. The first kappa shape index (κ1) is 23.0. The molecular formula is C21H28N6O3. The molecule has 0 aliphatic rings. The van der Waals surface area contributed by atoms with Gasteiger partial charge in [-0.25, -0.2) is 0 Å². The van der Waals surface area contributed by atoms with E-state index in [2.05, 4.69) is 21.2 Å². The van der Waals surface area contributed by atoms with Crippen LogP contribution in [0.25, 0.3) is 5.65 Å². The van der Waals surface area contributed by atoms with Gasteiger partial charge in [-0.1, -0.05) is 37.3 Å². The molecule has 0 aliphatic heterocycles. The number of nitrogens with one attached hydrogen (secondary N) is 1. The molecule has 2 aromatic heterocycles. The van der Waals surface area contributed by atoms with Gasteiger partial charge in [0.05, 0.1) is 24.9 Å². The third-order valence-corrected chi connectivity index (χ3v) is 4.12. The average molecular weight is 412 g/mol. The van der Waals surface area contributed by atoms with Gasteiger partial charge >= 0.3 is 0 Å². The normalized spacial score (nSPS) is 12.5. The Kier molecular flexibility index (Phi) is 8.45. The van der Waals surface area contributed by atoms with Crippen LogP contribution in [-0.4, -0.2) is 39.1 Å². The van der Waals surface area contributed by atoms with Crippen LogP contribution >= 0.6 is 0 Å². The Balaban J connectivity index is 0.000000469. The van der Waals surface area contributed by atoms with Gasteiger partial charge in [-0.15, -0.1) is 10.2 Å². The maximum absolute atomic E-state index is 11.2.